The van der Waals surface area contributed by atoms with Gasteiger partial charge in [0.15, 0.2) is 0 Å². The second kappa shape index (κ2) is 7.59. The SMILES string of the molecule is CC(=O)OC1CCc2c1[nH]c(=O)[nH]c2=O.Clc1nc(Cl)c2c(n1)CCC2. The first-order valence-corrected chi connectivity index (χ1v) is 8.84. The Bertz CT molecular complexity index is 970. The molecule has 2 aromatic rings. The Morgan fingerprint density at radius 2 is 1.88 bits per heavy atom. The number of halogens is 2. The average molecular weight is 399 g/mol. The summed E-state index contributed by atoms with van der Waals surface area (Å²) < 4.78 is 4.99. The molecule has 2 N–H and O–H groups in total. The summed E-state index contributed by atoms with van der Waals surface area (Å²) in [5.41, 5.74) is 2.06. The van der Waals surface area contributed by atoms with Gasteiger partial charge in [-0.15, -0.1) is 0 Å². The average Bonchev–Trinajstić information content (AvgIpc) is 3.15. The molecule has 4 rings (SSSR count). The number of hydrogen-bond donors (Lipinski definition) is 2. The molecule has 2 aromatic heterocycles. The lowest BCUT2D eigenvalue weighted by atomic mass is 10.2. The van der Waals surface area contributed by atoms with Gasteiger partial charge in [0.25, 0.3) is 5.56 Å². The third-order valence-electron chi connectivity index (χ3n) is 4.22. The molecule has 26 heavy (non-hydrogen) atoms. The third kappa shape index (κ3) is 3.96. The van der Waals surface area contributed by atoms with E-state index >= 15 is 0 Å². The van der Waals surface area contributed by atoms with Gasteiger partial charge in [-0.3, -0.25) is 14.6 Å². The molecule has 1 unspecified atom stereocenters. The van der Waals surface area contributed by atoms with Crippen LogP contribution in [-0.4, -0.2) is 25.9 Å². The van der Waals surface area contributed by atoms with Crippen molar-refractivity contribution in [3.63, 3.8) is 0 Å². The highest BCUT2D eigenvalue weighted by Crippen LogP contribution is 2.29. The van der Waals surface area contributed by atoms with Crippen LogP contribution >= 0.6 is 23.2 Å². The largest absolute Gasteiger partial charge is 0.456 e. The lowest BCUT2D eigenvalue weighted by Gasteiger charge is -2.10. The van der Waals surface area contributed by atoms with E-state index in [-0.39, 0.29) is 5.28 Å². The molecule has 0 radical (unpaired) electrons. The van der Waals surface area contributed by atoms with Crippen LogP contribution in [-0.2, 0) is 28.8 Å². The highest BCUT2D eigenvalue weighted by molar-refractivity contribution is 6.32. The van der Waals surface area contributed by atoms with Gasteiger partial charge in [-0.1, -0.05) is 11.6 Å². The van der Waals surface area contributed by atoms with E-state index < -0.39 is 23.3 Å². The summed E-state index contributed by atoms with van der Waals surface area (Å²) in [5, 5.41) is 0.785. The summed E-state index contributed by atoms with van der Waals surface area (Å²) in [7, 11) is 0. The minimum atomic E-state index is -0.571. The van der Waals surface area contributed by atoms with Crippen LogP contribution in [0.5, 0.6) is 0 Å². The van der Waals surface area contributed by atoms with Gasteiger partial charge in [0.2, 0.25) is 5.28 Å². The van der Waals surface area contributed by atoms with E-state index in [0.29, 0.717) is 29.3 Å². The number of hydrogen-bond acceptors (Lipinski definition) is 6. The van der Waals surface area contributed by atoms with Crippen LogP contribution in [0.1, 0.15) is 48.4 Å². The van der Waals surface area contributed by atoms with Crippen molar-refractivity contribution in [2.75, 3.05) is 0 Å². The van der Waals surface area contributed by atoms with Crippen molar-refractivity contribution in [3.8, 4) is 0 Å². The van der Waals surface area contributed by atoms with Crippen LogP contribution in [0.15, 0.2) is 9.59 Å². The Hall–Kier alpha value is -2.19. The number of fused-ring (bicyclic) bond motifs is 2. The number of nitrogens with zero attached hydrogens (tertiary/aromatic N) is 2. The maximum Gasteiger partial charge on any atom is 0.326 e. The predicted molar refractivity (Wildman–Crippen MR) is 94.6 cm³/mol. The highest BCUT2D eigenvalue weighted by Gasteiger charge is 2.28. The number of carbonyl (C=O) groups excluding carboxylic acids is 1. The minimum absolute atomic E-state index is 0.260. The van der Waals surface area contributed by atoms with Crippen LogP contribution in [0.4, 0.5) is 0 Å². The van der Waals surface area contributed by atoms with Gasteiger partial charge in [0.1, 0.15) is 11.3 Å². The van der Waals surface area contributed by atoms with Gasteiger partial charge in [-0.25, -0.2) is 14.8 Å². The number of rotatable bonds is 1. The molecule has 0 aliphatic heterocycles. The molecule has 2 aliphatic carbocycles. The van der Waals surface area contributed by atoms with Crippen molar-refractivity contribution in [1.82, 2.24) is 19.9 Å². The Labute approximate surface area is 157 Å². The molecular formula is C16H16Cl2N4O4. The normalized spacial score (nSPS) is 17.1. The molecule has 10 heteroatoms. The van der Waals surface area contributed by atoms with E-state index in [2.05, 4.69) is 19.9 Å². The number of aromatic amines is 2. The predicted octanol–water partition coefficient (Wildman–Crippen LogP) is 1.89. The van der Waals surface area contributed by atoms with E-state index in [0.717, 1.165) is 30.5 Å². The lowest BCUT2D eigenvalue weighted by Crippen LogP contribution is -2.26. The molecular weight excluding hydrogens is 383 g/mol. The lowest BCUT2D eigenvalue weighted by molar-refractivity contribution is -0.146. The first kappa shape index (κ1) is 18.6. The van der Waals surface area contributed by atoms with Crippen molar-refractivity contribution < 1.29 is 9.53 Å². The van der Waals surface area contributed by atoms with Crippen molar-refractivity contribution in [2.24, 2.45) is 0 Å². The Morgan fingerprint density at radius 1 is 1.12 bits per heavy atom. The number of aromatic nitrogens is 4. The molecule has 8 nitrogen and oxygen atoms in total. The van der Waals surface area contributed by atoms with Crippen LogP contribution in [0.25, 0.3) is 0 Å². The summed E-state index contributed by atoms with van der Waals surface area (Å²) >= 11 is 11.5. The minimum Gasteiger partial charge on any atom is -0.456 e. The molecule has 0 saturated heterocycles. The zero-order chi connectivity index (χ0) is 18.8. The molecule has 0 fully saturated rings. The van der Waals surface area contributed by atoms with Crippen molar-refractivity contribution in [1.29, 1.82) is 0 Å². The summed E-state index contributed by atoms with van der Waals surface area (Å²) in [6.45, 7) is 1.29. The maximum absolute atomic E-state index is 11.3. The smallest absolute Gasteiger partial charge is 0.326 e. The fourth-order valence-corrected chi connectivity index (χ4v) is 3.66. The van der Waals surface area contributed by atoms with Gasteiger partial charge in [0, 0.05) is 18.1 Å². The number of H-pyrrole nitrogens is 2. The molecule has 0 amide bonds. The third-order valence-corrected chi connectivity index (χ3v) is 4.70. The highest BCUT2D eigenvalue weighted by atomic mass is 35.5. The first-order valence-electron chi connectivity index (χ1n) is 8.08. The monoisotopic (exact) mass is 398 g/mol. The van der Waals surface area contributed by atoms with E-state index in [1.807, 2.05) is 0 Å². The molecule has 0 bridgehead atoms. The second-order valence-corrected chi connectivity index (χ2v) is 6.70. The van der Waals surface area contributed by atoms with Gasteiger partial charge < -0.3 is 9.72 Å². The van der Waals surface area contributed by atoms with Crippen molar-refractivity contribution in [2.45, 2.75) is 45.1 Å². The Morgan fingerprint density at radius 3 is 2.62 bits per heavy atom. The van der Waals surface area contributed by atoms with Gasteiger partial charge in [-0.2, -0.15) is 0 Å². The standard InChI is InChI=1S/C9H10N2O4.C7H6Cl2N2/c1-4(12)15-6-3-2-5-7(6)10-9(14)11-8(5)13;8-6-4-2-1-3-5(4)10-7(9)11-6/h6H,2-3H2,1H3,(H2,10,11,13,14);1-3H2. The van der Waals surface area contributed by atoms with E-state index in [1.54, 1.807) is 0 Å². The number of nitrogens with one attached hydrogen (secondary N) is 2. The quantitative estimate of drug-likeness (QED) is 0.430. The van der Waals surface area contributed by atoms with Crippen LogP contribution in [0.2, 0.25) is 10.4 Å². The fraction of sp³-hybridized carbons (Fsp3) is 0.438. The number of ether oxygens (including phenoxy) is 1. The number of carbonyl (C=O) groups is 1. The molecule has 0 aromatic carbocycles. The van der Waals surface area contributed by atoms with E-state index in [1.165, 1.54) is 6.92 Å². The van der Waals surface area contributed by atoms with Gasteiger partial charge in [0.05, 0.1) is 11.4 Å². The first-order chi connectivity index (χ1) is 12.3. The molecule has 138 valence electrons. The fourth-order valence-electron chi connectivity index (χ4n) is 3.15. The van der Waals surface area contributed by atoms with Gasteiger partial charge in [-0.05, 0) is 43.7 Å². The van der Waals surface area contributed by atoms with Crippen molar-refractivity contribution in [3.05, 3.63) is 53.8 Å². The van der Waals surface area contributed by atoms with E-state index in [4.69, 9.17) is 27.9 Å². The van der Waals surface area contributed by atoms with Crippen LogP contribution in [0, 0.1) is 0 Å². The second-order valence-electron chi connectivity index (χ2n) is 6.00. The summed E-state index contributed by atoms with van der Waals surface area (Å²) in [4.78, 5) is 45.7. The summed E-state index contributed by atoms with van der Waals surface area (Å²) in [6, 6.07) is 0. The Balaban J connectivity index is 0.000000158. The molecule has 2 aliphatic rings. The number of esters is 1. The molecule has 0 spiro atoms. The Kier molecular flexibility index (Phi) is 5.43. The van der Waals surface area contributed by atoms with Crippen LogP contribution < -0.4 is 11.2 Å². The van der Waals surface area contributed by atoms with Crippen molar-refractivity contribution >= 4 is 29.2 Å². The molecule has 0 saturated carbocycles. The van der Waals surface area contributed by atoms with Crippen LogP contribution in [0.3, 0.4) is 0 Å². The molecule has 1 atom stereocenters. The summed E-state index contributed by atoms with van der Waals surface area (Å²) in [5.74, 6) is -0.422. The maximum atomic E-state index is 11.3. The summed E-state index contributed by atoms with van der Waals surface area (Å²) in [6.07, 6.45) is 3.65. The number of aryl methyl sites for hydroxylation is 1. The topological polar surface area (TPSA) is 118 Å². The van der Waals surface area contributed by atoms with E-state index in [9.17, 15) is 14.4 Å². The zero-order valence-corrected chi connectivity index (χ0v) is 15.4. The molecule has 2 heterocycles. The van der Waals surface area contributed by atoms with Gasteiger partial charge >= 0.3 is 11.7 Å². The zero-order valence-electron chi connectivity index (χ0n) is 13.9.